The summed E-state index contributed by atoms with van der Waals surface area (Å²) in [6, 6.07) is 1.50. The predicted molar refractivity (Wildman–Crippen MR) is 49.3 cm³/mol. The summed E-state index contributed by atoms with van der Waals surface area (Å²) in [5.41, 5.74) is 0. The Morgan fingerprint density at radius 1 is 1.38 bits per heavy atom. The molecule has 0 bridgehead atoms. The largest absolute Gasteiger partial charge is 0.336 e. The molecule has 0 aliphatic carbocycles. The van der Waals surface area contributed by atoms with Crippen LogP contribution in [0, 0.1) is 0 Å². The number of hydrogen-bond donors (Lipinski definition) is 2. The van der Waals surface area contributed by atoms with Crippen LogP contribution in [0.4, 0.5) is 10.7 Å². The molecule has 0 aliphatic rings. The molecule has 0 aromatic carbocycles. The number of urea groups is 1. The fourth-order valence-corrected chi connectivity index (χ4v) is 0.763. The van der Waals surface area contributed by atoms with Crippen molar-refractivity contribution in [1.82, 2.24) is 15.3 Å². The number of amides is 2. The molecule has 0 saturated carbocycles. The Kier molecular flexibility index (Phi) is 3.19. The third-order valence-corrected chi connectivity index (χ3v) is 1.21. The van der Waals surface area contributed by atoms with Crippen LogP contribution in [0.3, 0.4) is 0 Å². The summed E-state index contributed by atoms with van der Waals surface area (Å²) < 4.78 is 0. The molecule has 1 aromatic rings. The summed E-state index contributed by atoms with van der Waals surface area (Å²) in [5, 5.41) is 5.16. The first kappa shape index (κ1) is 9.44. The molecule has 0 saturated heterocycles. The zero-order valence-corrected chi connectivity index (χ0v) is 7.61. The first-order valence-electron chi connectivity index (χ1n) is 4.03. The number of rotatable bonds is 2. The van der Waals surface area contributed by atoms with Gasteiger partial charge in [0.1, 0.15) is 0 Å². The van der Waals surface area contributed by atoms with Crippen LogP contribution in [0.15, 0.2) is 18.5 Å². The Morgan fingerprint density at radius 3 is 2.54 bits per heavy atom. The lowest BCUT2D eigenvalue weighted by atomic mass is 10.4. The summed E-state index contributed by atoms with van der Waals surface area (Å²) in [5.74, 6) is 0.306. The van der Waals surface area contributed by atoms with E-state index >= 15 is 0 Å². The fourth-order valence-electron chi connectivity index (χ4n) is 0.763. The van der Waals surface area contributed by atoms with Gasteiger partial charge in [0.25, 0.3) is 0 Å². The molecule has 5 heteroatoms. The van der Waals surface area contributed by atoms with Gasteiger partial charge in [-0.3, -0.25) is 5.32 Å². The van der Waals surface area contributed by atoms with Crippen molar-refractivity contribution in [3.05, 3.63) is 18.5 Å². The monoisotopic (exact) mass is 180 g/mol. The van der Waals surface area contributed by atoms with E-state index in [9.17, 15) is 4.79 Å². The van der Waals surface area contributed by atoms with Gasteiger partial charge in [-0.05, 0) is 19.9 Å². The maximum absolute atomic E-state index is 11.1. The molecule has 0 spiro atoms. The van der Waals surface area contributed by atoms with Gasteiger partial charge in [-0.15, -0.1) is 0 Å². The first-order valence-corrected chi connectivity index (χ1v) is 4.03. The molecule has 1 rings (SSSR count). The van der Waals surface area contributed by atoms with Crippen molar-refractivity contribution in [2.75, 3.05) is 5.32 Å². The van der Waals surface area contributed by atoms with Crippen molar-refractivity contribution in [2.24, 2.45) is 0 Å². The molecule has 70 valence electrons. The highest BCUT2D eigenvalue weighted by Gasteiger charge is 2.03. The number of aromatic nitrogens is 2. The minimum atomic E-state index is -0.291. The Balaban J connectivity index is 2.46. The van der Waals surface area contributed by atoms with E-state index in [1.54, 1.807) is 18.5 Å². The standard InChI is InChI=1S/C8H12N4O/c1-6(2)11-8(13)12-7-9-4-3-5-10-7/h3-6H,1-2H3,(H2,9,10,11,12,13). The fraction of sp³-hybridized carbons (Fsp3) is 0.375. The van der Waals surface area contributed by atoms with Crippen molar-refractivity contribution in [2.45, 2.75) is 19.9 Å². The van der Waals surface area contributed by atoms with Crippen LogP contribution < -0.4 is 10.6 Å². The van der Waals surface area contributed by atoms with Crippen LogP contribution in [0.25, 0.3) is 0 Å². The van der Waals surface area contributed by atoms with Gasteiger partial charge >= 0.3 is 6.03 Å². The maximum Gasteiger partial charge on any atom is 0.321 e. The van der Waals surface area contributed by atoms with Crippen molar-refractivity contribution in [1.29, 1.82) is 0 Å². The van der Waals surface area contributed by atoms with E-state index in [1.807, 2.05) is 13.8 Å². The topological polar surface area (TPSA) is 66.9 Å². The molecule has 2 amide bonds. The Morgan fingerprint density at radius 2 is 2.00 bits per heavy atom. The molecule has 0 fully saturated rings. The van der Waals surface area contributed by atoms with Gasteiger partial charge in [0, 0.05) is 18.4 Å². The number of anilines is 1. The van der Waals surface area contributed by atoms with Gasteiger partial charge in [0.2, 0.25) is 5.95 Å². The van der Waals surface area contributed by atoms with Crippen LogP contribution in [0.5, 0.6) is 0 Å². The SMILES string of the molecule is CC(C)NC(=O)Nc1ncccn1. The number of nitrogens with one attached hydrogen (secondary N) is 2. The third kappa shape index (κ3) is 3.50. The van der Waals surface area contributed by atoms with Crippen LogP contribution in [0.2, 0.25) is 0 Å². The van der Waals surface area contributed by atoms with E-state index in [1.165, 1.54) is 0 Å². The maximum atomic E-state index is 11.1. The van der Waals surface area contributed by atoms with E-state index in [4.69, 9.17) is 0 Å². The number of hydrogen-bond acceptors (Lipinski definition) is 3. The van der Waals surface area contributed by atoms with E-state index in [-0.39, 0.29) is 12.1 Å². The Hall–Kier alpha value is -1.65. The highest BCUT2D eigenvalue weighted by molar-refractivity contribution is 5.87. The summed E-state index contributed by atoms with van der Waals surface area (Å²) in [6.07, 6.45) is 3.13. The highest BCUT2D eigenvalue weighted by atomic mass is 16.2. The predicted octanol–water partition coefficient (Wildman–Crippen LogP) is 1.01. The first-order chi connectivity index (χ1) is 6.18. The van der Waals surface area contributed by atoms with Crippen molar-refractivity contribution >= 4 is 12.0 Å². The van der Waals surface area contributed by atoms with Crippen LogP contribution in [-0.2, 0) is 0 Å². The Labute approximate surface area is 76.6 Å². The summed E-state index contributed by atoms with van der Waals surface area (Å²) in [6.45, 7) is 3.76. The zero-order valence-electron chi connectivity index (χ0n) is 7.61. The normalized spacial score (nSPS) is 9.77. The molecule has 0 aliphatic heterocycles. The highest BCUT2D eigenvalue weighted by Crippen LogP contribution is 1.93. The van der Waals surface area contributed by atoms with Crippen molar-refractivity contribution in [3.8, 4) is 0 Å². The van der Waals surface area contributed by atoms with E-state index < -0.39 is 0 Å². The number of carbonyl (C=O) groups excluding carboxylic acids is 1. The molecule has 1 heterocycles. The molecular formula is C8H12N4O. The van der Waals surface area contributed by atoms with Crippen LogP contribution in [0.1, 0.15) is 13.8 Å². The summed E-state index contributed by atoms with van der Waals surface area (Å²) >= 11 is 0. The van der Waals surface area contributed by atoms with Gasteiger partial charge in [0.05, 0.1) is 0 Å². The summed E-state index contributed by atoms with van der Waals surface area (Å²) in [7, 11) is 0. The molecule has 0 atom stereocenters. The van der Waals surface area contributed by atoms with Gasteiger partial charge in [0.15, 0.2) is 0 Å². The van der Waals surface area contributed by atoms with E-state index in [0.717, 1.165) is 0 Å². The van der Waals surface area contributed by atoms with E-state index in [0.29, 0.717) is 5.95 Å². The second kappa shape index (κ2) is 4.39. The lowest BCUT2D eigenvalue weighted by Gasteiger charge is -2.08. The quantitative estimate of drug-likeness (QED) is 0.713. The second-order valence-corrected chi connectivity index (χ2v) is 2.83. The smallest absolute Gasteiger partial charge is 0.321 e. The minimum absolute atomic E-state index is 0.101. The third-order valence-electron chi connectivity index (χ3n) is 1.21. The average molecular weight is 180 g/mol. The molecule has 1 aromatic heterocycles. The lowest BCUT2D eigenvalue weighted by Crippen LogP contribution is -2.34. The van der Waals surface area contributed by atoms with Gasteiger partial charge in [-0.2, -0.15) is 0 Å². The zero-order chi connectivity index (χ0) is 9.68. The molecule has 2 N–H and O–H groups in total. The molecule has 0 radical (unpaired) electrons. The Bertz CT molecular complexity index is 273. The molecule has 5 nitrogen and oxygen atoms in total. The summed E-state index contributed by atoms with van der Waals surface area (Å²) in [4.78, 5) is 18.8. The average Bonchev–Trinajstić information content (AvgIpc) is 2.04. The molecule has 13 heavy (non-hydrogen) atoms. The van der Waals surface area contributed by atoms with Crippen LogP contribution in [-0.4, -0.2) is 22.0 Å². The minimum Gasteiger partial charge on any atom is -0.336 e. The second-order valence-electron chi connectivity index (χ2n) is 2.83. The van der Waals surface area contributed by atoms with Gasteiger partial charge < -0.3 is 5.32 Å². The van der Waals surface area contributed by atoms with E-state index in [2.05, 4.69) is 20.6 Å². The lowest BCUT2D eigenvalue weighted by molar-refractivity contribution is 0.250. The number of carbonyl (C=O) groups is 1. The van der Waals surface area contributed by atoms with Crippen molar-refractivity contribution < 1.29 is 4.79 Å². The van der Waals surface area contributed by atoms with Crippen molar-refractivity contribution in [3.63, 3.8) is 0 Å². The van der Waals surface area contributed by atoms with Crippen LogP contribution >= 0.6 is 0 Å². The van der Waals surface area contributed by atoms with Gasteiger partial charge in [-0.25, -0.2) is 14.8 Å². The molecule has 0 unspecified atom stereocenters. The molecular weight excluding hydrogens is 168 g/mol. The van der Waals surface area contributed by atoms with Gasteiger partial charge in [-0.1, -0.05) is 0 Å². The number of nitrogens with zero attached hydrogens (tertiary/aromatic N) is 2.